The first-order chi connectivity index (χ1) is 8.84. The predicted octanol–water partition coefficient (Wildman–Crippen LogP) is 1.73. The van der Waals surface area contributed by atoms with Gasteiger partial charge in [0.1, 0.15) is 5.69 Å². The minimum atomic E-state index is 0.239. The van der Waals surface area contributed by atoms with E-state index >= 15 is 0 Å². The van der Waals surface area contributed by atoms with Crippen molar-refractivity contribution in [3.05, 3.63) is 66.4 Å². The molecule has 2 aromatic carbocycles. The Bertz CT molecular complexity index is 552. The van der Waals surface area contributed by atoms with Gasteiger partial charge in [0, 0.05) is 0 Å². The van der Waals surface area contributed by atoms with Gasteiger partial charge in [-0.1, -0.05) is 36.4 Å². The van der Waals surface area contributed by atoms with Crippen molar-refractivity contribution in [1.82, 2.24) is 0 Å². The van der Waals surface area contributed by atoms with E-state index in [2.05, 4.69) is 5.10 Å². The summed E-state index contributed by atoms with van der Waals surface area (Å²) in [6, 6.07) is 19.7. The summed E-state index contributed by atoms with van der Waals surface area (Å²) < 4.78 is 0. The molecule has 5 nitrogen and oxygen atoms in total. The molecule has 1 aliphatic heterocycles. The summed E-state index contributed by atoms with van der Waals surface area (Å²) in [5.74, 6) is 0.239. The van der Waals surface area contributed by atoms with E-state index in [1.54, 1.807) is 10.5 Å². The van der Waals surface area contributed by atoms with Gasteiger partial charge in [0.05, 0.1) is 5.69 Å². The molecule has 0 spiro atoms. The van der Waals surface area contributed by atoms with Crippen molar-refractivity contribution in [1.29, 1.82) is 0 Å². The van der Waals surface area contributed by atoms with Crippen molar-refractivity contribution in [2.75, 3.05) is 10.2 Å². The van der Waals surface area contributed by atoms with Crippen LogP contribution >= 0.6 is 0 Å². The highest BCUT2D eigenvalue weighted by Gasteiger charge is 2.21. The Balaban J connectivity index is 1.97. The van der Waals surface area contributed by atoms with Crippen molar-refractivity contribution in [2.24, 2.45) is 5.10 Å². The summed E-state index contributed by atoms with van der Waals surface area (Å²) in [7, 11) is 0. The fourth-order valence-electron chi connectivity index (χ4n) is 1.85. The van der Waals surface area contributed by atoms with E-state index in [9.17, 15) is 0 Å². The number of hydrazone groups is 1. The van der Waals surface area contributed by atoms with Crippen molar-refractivity contribution in [2.45, 2.75) is 0 Å². The van der Waals surface area contributed by atoms with E-state index in [0.717, 1.165) is 11.4 Å². The minimum Gasteiger partial charge on any atom is -0.431 e. The molecule has 0 amide bonds. The summed E-state index contributed by atoms with van der Waals surface area (Å²) in [4.78, 5) is 0. The van der Waals surface area contributed by atoms with E-state index in [4.69, 9.17) is 5.73 Å². The first-order valence-electron chi connectivity index (χ1n) is 5.69. The lowest BCUT2D eigenvalue weighted by atomic mass is 10.3. The quantitative estimate of drug-likeness (QED) is 0.811. The minimum absolute atomic E-state index is 0.239. The number of benzene rings is 2. The van der Waals surface area contributed by atoms with E-state index in [1.165, 1.54) is 0 Å². The van der Waals surface area contributed by atoms with Gasteiger partial charge in [-0.15, -0.1) is 5.12 Å². The molecule has 0 aromatic heterocycles. The Hall–Kier alpha value is -2.53. The number of rotatable bonds is 2. The van der Waals surface area contributed by atoms with Gasteiger partial charge in [-0.25, -0.2) is 5.12 Å². The highest BCUT2D eigenvalue weighted by molar-refractivity contribution is 5.82. The molecule has 0 atom stereocenters. The van der Waals surface area contributed by atoms with E-state index in [0.29, 0.717) is 0 Å². The van der Waals surface area contributed by atoms with Crippen LogP contribution in [0.1, 0.15) is 0 Å². The summed E-state index contributed by atoms with van der Waals surface area (Å²) >= 11 is 0. The lowest BCUT2D eigenvalue weighted by molar-refractivity contribution is -0.545. The number of nitrogens with one attached hydrogen (secondary N) is 1. The standard InChI is InChI=1S/C13H12N5/c14-13-15-17(11-7-3-1-4-8-11)18(16-13)12-9-5-2-6-10-12/h1-10H,(H2-,14,15,16)/q-1/p+1. The number of hydrazine groups is 1. The predicted molar refractivity (Wildman–Crippen MR) is 71.5 cm³/mol. The summed E-state index contributed by atoms with van der Waals surface area (Å²) in [6.45, 7) is 0. The average Bonchev–Trinajstić information content (AvgIpc) is 2.83. The molecule has 0 saturated carbocycles. The lowest BCUT2D eigenvalue weighted by Crippen LogP contribution is -2.96. The number of hydrogen-bond donors (Lipinski definition) is 1. The fraction of sp³-hybridized carbons (Fsp3) is 0. The summed E-state index contributed by atoms with van der Waals surface area (Å²) in [5, 5.41) is 7.78. The largest absolute Gasteiger partial charge is 0.431 e. The molecule has 1 aliphatic rings. The maximum absolute atomic E-state index is 7.70. The van der Waals surface area contributed by atoms with Crippen LogP contribution in [0.4, 0.5) is 11.4 Å². The highest BCUT2D eigenvalue weighted by atomic mass is 16.0. The van der Waals surface area contributed by atoms with Crippen molar-refractivity contribution in [3.63, 3.8) is 0 Å². The molecule has 3 N–H and O–H groups in total. The number of hydrogen-bond acceptors (Lipinski definition) is 3. The normalized spacial score (nSPS) is 14.8. The van der Waals surface area contributed by atoms with Gasteiger partial charge < -0.3 is 5.73 Å². The highest BCUT2D eigenvalue weighted by Crippen LogP contribution is 2.21. The molecule has 3 rings (SSSR count). The molecule has 0 aliphatic carbocycles. The average molecular weight is 239 g/mol. The van der Waals surface area contributed by atoms with Crippen molar-refractivity contribution < 1.29 is 5.43 Å². The van der Waals surface area contributed by atoms with Crippen LogP contribution in [0.25, 0.3) is 5.73 Å². The molecule has 18 heavy (non-hydrogen) atoms. The number of nitrogens with zero attached hydrogens (tertiary/aromatic N) is 3. The van der Waals surface area contributed by atoms with Gasteiger partial charge in [0.2, 0.25) is 0 Å². The SMILES string of the molecule is [NH-]C1=NN(c2ccccc2)N(c2ccccc2)[NH2+]1. The molecule has 0 bridgehead atoms. The first-order valence-corrected chi connectivity index (χ1v) is 5.69. The van der Waals surface area contributed by atoms with Gasteiger partial charge in [-0.3, -0.25) is 5.10 Å². The zero-order valence-electron chi connectivity index (χ0n) is 9.69. The Morgan fingerprint density at radius 2 is 1.39 bits per heavy atom. The van der Waals surface area contributed by atoms with Gasteiger partial charge in [-0.2, -0.15) is 5.43 Å². The second kappa shape index (κ2) is 4.38. The van der Waals surface area contributed by atoms with Crippen LogP contribution in [0, 0.1) is 0 Å². The maximum Gasteiger partial charge on any atom is 0.153 e. The summed E-state index contributed by atoms with van der Waals surface area (Å²) in [5.41, 5.74) is 11.3. The Morgan fingerprint density at radius 1 is 0.833 bits per heavy atom. The molecule has 0 fully saturated rings. The molecule has 5 heteroatoms. The third-order valence-corrected chi connectivity index (χ3v) is 2.66. The van der Waals surface area contributed by atoms with Gasteiger partial charge in [0.25, 0.3) is 0 Å². The fourth-order valence-corrected chi connectivity index (χ4v) is 1.85. The third-order valence-electron chi connectivity index (χ3n) is 2.66. The Morgan fingerprint density at radius 3 is 2.00 bits per heavy atom. The Kier molecular flexibility index (Phi) is 2.59. The second-order valence-electron chi connectivity index (χ2n) is 3.92. The number of anilines is 2. The van der Waals surface area contributed by atoms with Crippen molar-refractivity contribution in [3.8, 4) is 0 Å². The van der Waals surface area contributed by atoms with Crippen molar-refractivity contribution >= 4 is 17.3 Å². The van der Waals surface area contributed by atoms with Gasteiger partial charge in [-0.05, 0) is 24.3 Å². The molecule has 90 valence electrons. The number of guanidine groups is 1. The smallest absolute Gasteiger partial charge is 0.153 e. The molecular formula is C13H13N5. The molecule has 0 unspecified atom stereocenters. The van der Waals surface area contributed by atoms with Crippen LogP contribution in [0.5, 0.6) is 0 Å². The van der Waals surface area contributed by atoms with Crippen LogP contribution < -0.4 is 15.7 Å². The van der Waals surface area contributed by atoms with Gasteiger partial charge >= 0.3 is 0 Å². The summed E-state index contributed by atoms with van der Waals surface area (Å²) in [6.07, 6.45) is 0. The van der Waals surface area contributed by atoms with E-state index < -0.39 is 0 Å². The molecule has 0 radical (unpaired) electrons. The van der Waals surface area contributed by atoms with Crippen LogP contribution in [0.3, 0.4) is 0 Å². The van der Waals surface area contributed by atoms with Gasteiger partial charge in [0.15, 0.2) is 5.96 Å². The van der Waals surface area contributed by atoms with Crippen LogP contribution in [0.2, 0.25) is 0 Å². The zero-order valence-corrected chi connectivity index (χ0v) is 9.69. The topological polar surface area (TPSA) is 59.2 Å². The second-order valence-corrected chi connectivity index (χ2v) is 3.92. The molecule has 1 heterocycles. The monoisotopic (exact) mass is 239 g/mol. The van der Waals surface area contributed by atoms with Crippen LogP contribution in [-0.2, 0) is 0 Å². The molecule has 2 aromatic rings. The van der Waals surface area contributed by atoms with E-state index in [1.807, 2.05) is 65.8 Å². The Labute approximate surface area is 105 Å². The third kappa shape index (κ3) is 1.87. The molecule has 0 saturated heterocycles. The van der Waals surface area contributed by atoms with Crippen LogP contribution in [-0.4, -0.2) is 5.96 Å². The molecular weight excluding hydrogens is 226 g/mol. The first kappa shape index (κ1) is 10.6. The maximum atomic E-state index is 7.70. The lowest BCUT2D eigenvalue weighted by Gasteiger charge is -2.28. The number of quaternary nitrogens is 1. The number of para-hydroxylation sites is 2. The zero-order chi connectivity index (χ0) is 12.4. The van der Waals surface area contributed by atoms with E-state index in [-0.39, 0.29) is 5.96 Å². The number of nitrogens with two attached hydrogens (primary N) is 1. The van der Waals surface area contributed by atoms with Crippen LogP contribution in [0.15, 0.2) is 65.8 Å².